The molecule has 1 saturated heterocycles. The molecule has 35 heavy (non-hydrogen) atoms. The summed E-state index contributed by atoms with van der Waals surface area (Å²) in [5.41, 5.74) is 4.43. The summed E-state index contributed by atoms with van der Waals surface area (Å²) in [6.45, 7) is 2.11. The van der Waals surface area contributed by atoms with Crippen LogP contribution in [0.3, 0.4) is 0 Å². The molecule has 0 radical (unpaired) electrons. The first-order valence-corrected chi connectivity index (χ1v) is 12.1. The average Bonchev–Trinajstić information content (AvgIpc) is 3.00. The Morgan fingerprint density at radius 2 is 1.66 bits per heavy atom. The number of alkyl carbamates (subject to hydrolysis) is 1. The zero-order chi connectivity index (χ0) is 24.9. The van der Waals surface area contributed by atoms with Gasteiger partial charge in [-0.3, -0.25) is 4.79 Å². The number of carboxylic acids is 1. The second-order valence-electron chi connectivity index (χ2n) is 9.12. The van der Waals surface area contributed by atoms with Gasteiger partial charge in [-0.05, 0) is 42.0 Å². The minimum atomic E-state index is -1.06. The Labute approximate surface area is 205 Å². The smallest absolute Gasteiger partial charge is 0.407 e. The fraction of sp³-hybridized carbons (Fsp3) is 0.444. The van der Waals surface area contributed by atoms with Gasteiger partial charge in [0.25, 0.3) is 0 Å². The number of amides is 2. The molecule has 186 valence electrons. The van der Waals surface area contributed by atoms with Crippen molar-refractivity contribution in [1.29, 1.82) is 0 Å². The lowest BCUT2D eigenvalue weighted by molar-refractivity contribution is -0.152. The predicted molar refractivity (Wildman–Crippen MR) is 130 cm³/mol. The molecule has 2 aromatic carbocycles. The van der Waals surface area contributed by atoms with Crippen molar-refractivity contribution in [3.63, 3.8) is 0 Å². The van der Waals surface area contributed by atoms with Crippen molar-refractivity contribution < 1.29 is 29.0 Å². The maximum atomic E-state index is 13.4. The van der Waals surface area contributed by atoms with Gasteiger partial charge in [0, 0.05) is 19.6 Å². The summed E-state index contributed by atoms with van der Waals surface area (Å²) >= 11 is 0. The van der Waals surface area contributed by atoms with Gasteiger partial charge in [0.2, 0.25) is 5.91 Å². The standard InChI is InChI=1S/C27H32N2O6/c1-17(34-2)24(25(30)29-15-9-3-4-14-23(29)26(31)32)28-27(33)35-16-22-20-12-7-5-10-18(20)19-11-6-8-13-21(19)22/h5-8,10-13,17,22-24H,3-4,9,14-16H2,1-2H3,(H,28,33)(H,31,32). The maximum absolute atomic E-state index is 13.4. The molecule has 0 bridgehead atoms. The Bertz CT molecular complexity index is 1040. The highest BCUT2D eigenvalue weighted by atomic mass is 16.5. The van der Waals surface area contributed by atoms with Crippen molar-refractivity contribution in [3.8, 4) is 11.1 Å². The molecule has 0 aromatic heterocycles. The van der Waals surface area contributed by atoms with Gasteiger partial charge in [-0.1, -0.05) is 61.4 Å². The molecule has 3 atom stereocenters. The van der Waals surface area contributed by atoms with Gasteiger partial charge in [0.05, 0.1) is 6.10 Å². The van der Waals surface area contributed by atoms with E-state index >= 15 is 0 Å². The Morgan fingerprint density at radius 1 is 1.03 bits per heavy atom. The lowest BCUT2D eigenvalue weighted by Gasteiger charge is -2.32. The average molecular weight is 481 g/mol. The van der Waals surface area contributed by atoms with Crippen LogP contribution in [0.15, 0.2) is 48.5 Å². The lowest BCUT2D eigenvalue weighted by Crippen LogP contribution is -2.57. The molecule has 8 nitrogen and oxygen atoms in total. The van der Waals surface area contributed by atoms with Gasteiger partial charge < -0.3 is 24.8 Å². The summed E-state index contributed by atoms with van der Waals surface area (Å²) in [4.78, 5) is 39.4. The fourth-order valence-electron chi connectivity index (χ4n) is 5.09. The fourth-order valence-corrected chi connectivity index (χ4v) is 5.09. The Morgan fingerprint density at radius 3 is 2.26 bits per heavy atom. The van der Waals surface area contributed by atoms with Crippen LogP contribution in [-0.4, -0.2) is 66.4 Å². The number of hydrogen-bond acceptors (Lipinski definition) is 5. The number of hydrogen-bond donors (Lipinski definition) is 2. The highest BCUT2D eigenvalue weighted by Gasteiger charge is 2.38. The van der Waals surface area contributed by atoms with E-state index in [1.807, 2.05) is 36.4 Å². The Balaban J connectivity index is 1.47. The maximum Gasteiger partial charge on any atom is 0.407 e. The van der Waals surface area contributed by atoms with Crippen LogP contribution in [0.1, 0.15) is 49.7 Å². The molecule has 8 heteroatoms. The predicted octanol–water partition coefficient (Wildman–Crippen LogP) is 3.78. The lowest BCUT2D eigenvalue weighted by atomic mass is 9.98. The van der Waals surface area contributed by atoms with Crippen LogP contribution in [0.4, 0.5) is 4.79 Å². The molecule has 0 spiro atoms. The molecule has 4 rings (SSSR count). The van der Waals surface area contributed by atoms with Crippen LogP contribution in [0.25, 0.3) is 11.1 Å². The molecule has 2 N–H and O–H groups in total. The quantitative estimate of drug-likeness (QED) is 0.625. The number of methoxy groups -OCH3 is 1. The summed E-state index contributed by atoms with van der Waals surface area (Å²) in [6.07, 6.45) is 1.30. The normalized spacial score (nSPS) is 19.1. The van der Waals surface area contributed by atoms with Crippen LogP contribution in [0, 0.1) is 0 Å². The number of rotatable bonds is 7. The number of nitrogens with zero attached hydrogens (tertiary/aromatic N) is 1. The van der Waals surface area contributed by atoms with Crippen molar-refractivity contribution in [2.24, 2.45) is 0 Å². The highest BCUT2D eigenvalue weighted by Crippen LogP contribution is 2.44. The van der Waals surface area contributed by atoms with Gasteiger partial charge >= 0.3 is 12.1 Å². The minimum absolute atomic E-state index is 0.107. The van der Waals surface area contributed by atoms with E-state index in [0.717, 1.165) is 35.1 Å². The summed E-state index contributed by atoms with van der Waals surface area (Å²) < 4.78 is 11.0. The van der Waals surface area contributed by atoms with E-state index in [2.05, 4.69) is 17.4 Å². The topological polar surface area (TPSA) is 105 Å². The van der Waals surface area contributed by atoms with Crippen molar-refractivity contribution in [3.05, 3.63) is 59.7 Å². The Hall–Kier alpha value is -3.39. The van der Waals surface area contributed by atoms with E-state index in [-0.39, 0.29) is 12.5 Å². The number of nitrogens with one attached hydrogen (secondary N) is 1. The van der Waals surface area contributed by atoms with Crippen molar-refractivity contribution >= 4 is 18.0 Å². The third-order valence-corrected chi connectivity index (χ3v) is 7.05. The molecule has 2 aromatic rings. The number of aliphatic carboxylic acids is 1. The van der Waals surface area contributed by atoms with Gasteiger partial charge in [0.1, 0.15) is 18.7 Å². The summed E-state index contributed by atoms with van der Waals surface area (Å²) in [5.74, 6) is -1.61. The number of fused-ring (bicyclic) bond motifs is 3. The summed E-state index contributed by atoms with van der Waals surface area (Å²) in [6, 6.07) is 14.1. The van der Waals surface area contributed by atoms with Crippen LogP contribution in [0.5, 0.6) is 0 Å². The number of benzene rings is 2. The highest BCUT2D eigenvalue weighted by molar-refractivity contribution is 5.90. The number of carbonyl (C=O) groups is 3. The molecule has 2 aliphatic rings. The van der Waals surface area contributed by atoms with Gasteiger partial charge in [0.15, 0.2) is 0 Å². The van der Waals surface area contributed by atoms with E-state index in [4.69, 9.17) is 9.47 Å². The van der Waals surface area contributed by atoms with Crippen LogP contribution >= 0.6 is 0 Å². The first-order valence-electron chi connectivity index (χ1n) is 12.1. The van der Waals surface area contributed by atoms with Crippen molar-refractivity contribution in [2.45, 2.75) is 56.7 Å². The van der Waals surface area contributed by atoms with E-state index in [0.29, 0.717) is 19.4 Å². The van der Waals surface area contributed by atoms with Gasteiger partial charge in [-0.25, -0.2) is 9.59 Å². The van der Waals surface area contributed by atoms with E-state index in [1.165, 1.54) is 12.0 Å². The van der Waals surface area contributed by atoms with E-state index in [9.17, 15) is 19.5 Å². The van der Waals surface area contributed by atoms with Gasteiger partial charge in [-0.15, -0.1) is 0 Å². The van der Waals surface area contributed by atoms with Crippen LogP contribution in [-0.2, 0) is 19.1 Å². The van der Waals surface area contributed by atoms with Crippen LogP contribution < -0.4 is 5.32 Å². The molecule has 0 saturated carbocycles. The minimum Gasteiger partial charge on any atom is -0.480 e. The summed E-state index contributed by atoms with van der Waals surface area (Å²) in [7, 11) is 1.45. The zero-order valence-corrected chi connectivity index (χ0v) is 20.1. The largest absolute Gasteiger partial charge is 0.480 e. The molecule has 2 amide bonds. The molecule has 1 aliphatic carbocycles. The molecular formula is C27H32N2O6. The SMILES string of the molecule is COC(C)C(NC(=O)OCC1c2ccccc2-c2ccccc21)C(=O)N1CCCCCC1C(=O)O. The number of carboxylic acid groups (broad SMARTS) is 1. The third kappa shape index (κ3) is 5.17. The second kappa shape index (κ2) is 10.9. The number of ether oxygens (including phenoxy) is 2. The van der Waals surface area contributed by atoms with Gasteiger partial charge in [-0.2, -0.15) is 0 Å². The monoisotopic (exact) mass is 480 g/mol. The van der Waals surface area contributed by atoms with E-state index < -0.39 is 36.2 Å². The van der Waals surface area contributed by atoms with Crippen molar-refractivity contribution in [1.82, 2.24) is 10.2 Å². The third-order valence-electron chi connectivity index (χ3n) is 7.05. The van der Waals surface area contributed by atoms with E-state index in [1.54, 1.807) is 6.92 Å². The molecular weight excluding hydrogens is 448 g/mol. The number of likely N-dealkylation sites (tertiary alicyclic amines) is 1. The zero-order valence-electron chi connectivity index (χ0n) is 20.1. The Kier molecular flexibility index (Phi) is 7.70. The first kappa shape index (κ1) is 24.7. The molecule has 1 fully saturated rings. The molecule has 1 heterocycles. The first-order chi connectivity index (χ1) is 16.9. The second-order valence-corrected chi connectivity index (χ2v) is 9.12. The van der Waals surface area contributed by atoms with Crippen LogP contribution in [0.2, 0.25) is 0 Å². The number of carbonyl (C=O) groups excluding carboxylic acids is 2. The molecule has 3 unspecified atom stereocenters. The molecule has 1 aliphatic heterocycles. The summed E-state index contributed by atoms with van der Waals surface area (Å²) in [5, 5.41) is 12.3. The van der Waals surface area contributed by atoms with Crippen molar-refractivity contribution in [2.75, 3.05) is 20.3 Å².